The molecule has 0 aliphatic rings. The molecule has 1 unspecified atom stereocenters. The third-order valence-electron chi connectivity index (χ3n) is 3.30. The summed E-state index contributed by atoms with van der Waals surface area (Å²) in [5, 5.41) is 1.09. The van der Waals surface area contributed by atoms with Gasteiger partial charge in [-0.05, 0) is 36.4 Å². The number of nitrogens with two attached hydrogens (primary N) is 1. The molecule has 2 N–H and O–H groups in total. The van der Waals surface area contributed by atoms with Crippen LogP contribution in [0.5, 0.6) is 5.75 Å². The predicted molar refractivity (Wildman–Crippen MR) is 86.9 cm³/mol. The Morgan fingerprint density at radius 1 is 1.14 bits per heavy atom. The van der Waals surface area contributed by atoms with Crippen LogP contribution in [-0.2, 0) is 0 Å². The Kier molecular flexibility index (Phi) is 4.18. The van der Waals surface area contributed by atoms with E-state index in [0.717, 1.165) is 28.2 Å². The molecule has 0 saturated heterocycles. The molecule has 0 saturated carbocycles. The van der Waals surface area contributed by atoms with Gasteiger partial charge in [-0.2, -0.15) is 0 Å². The van der Waals surface area contributed by atoms with E-state index in [-0.39, 0.29) is 6.04 Å². The number of fused-ring (bicyclic) bond motifs is 1. The van der Waals surface area contributed by atoms with E-state index < -0.39 is 0 Å². The third-order valence-corrected chi connectivity index (χ3v) is 4.43. The second-order valence-electron chi connectivity index (χ2n) is 4.78. The van der Waals surface area contributed by atoms with Gasteiger partial charge in [-0.1, -0.05) is 18.2 Å². The van der Waals surface area contributed by atoms with Crippen LogP contribution in [0.25, 0.3) is 11.0 Å². The van der Waals surface area contributed by atoms with Gasteiger partial charge in [-0.3, -0.25) is 0 Å². The maximum atomic E-state index is 6.22. The zero-order valence-corrected chi connectivity index (χ0v) is 12.6. The van der Waals surface area contributed by atoms with Crippen LogP contribution in [0, 0.1) is 0 Å². The van der Waals surface area contributed by atoms with Gasteiger partial charge in [0.2, 0.25) is 0 Å². The Hall–Kier alpha value is -1.91. The molecule has 0 fully saturated rings. The molecule has 0 aliphatic heterocycles. The SMILES string of the molecule is COc1ccc(SCC(N)c2cc3ccccc3o2)cc1. The first kappa shape index (κ1) is 14.0. The van der Waals surface area contributed by atoms with Gasteiger partial charge in [-0.15, -0.1) is 11.8 Å². The van der Waals surface area contributed by atoms with Crippen molar-refractivity contribution >= 4 is 22.7 Å². The second-order valence-corrected chi connectivity index (χ2v) is 5.87. The summed E-state index contributed by atoms with van der Waals surface area (Å²) in [6.07, 6.45) is 0. The number of para-hydroxylation sites is 1. The van der Waals surface area contributed by atoms with E-state index in [9.17, 15) is 0 Å². The minimum Gasteiger partial charge on any atom is -0.497 e. The van der Waals surface area contributed by atoms with Gasteiger partial charge in [0.1, 0.15) is 17.1 Å². The van der Waals surface area contributed by atoms with Crippen molar-refractivity contribution in [1.29, 1.82) is 0 Å². The monoisotopic (exact) mass is 299 g/mol. The van der Waals surface area contributed by atoms with Crippen LogP contribution in [0.4, 0.5) is 0 Å². The molecule has 0 spiro atoms. The van der Waals surface area contributed by atoms with Crippen LogP contribution < -0.4 is 10.5 Å². The van der Waals surface area contributed by atoms with E-state index in [2.05, 4.69) is 0 Å². The molecule has 21 heavy (non-hydrogen) atoms. The first-order valence-electron chi connectivity index (χ1n) is 6.77. The number of benzene rings is 2. The van der Waals surface area contributed by atoms with E-state index >= 15 is 0 Å². The first-order valence-corrected chi connectivity index (χ1v) is 7.76. The maximum Gasteiger partial charge on any atom is 0.134 e. The van der Waals surface area contributed by atoms with E-state index in [4.69, 9.17) is 14.9 Å². The zero-order valence-electron chi connectivity index (χ0n) is 11.8. The van der Waals surface area contributed by atoms with Gasteiger partial charge in [0.05, 0.1) is 13.2 Å². The Labute approximate surface area is 128 Å². The molecule has 0 aliphatic carbocycles. The summed E-state index contributed by atoms with van der Waals surface area (Å²) < 4.78 is 10.9. The molecular weight excluding hydrogens is 282 g/mol. The van der Waals surface area contributed by atoms with Gasteiger partial charge >= 0.3 is 0 Å². The van der Waals surface area contributed by atoms with Crippen molar-refractivity contribution in [1.82, 2.24) is 0 Å². The average Bonchev–Trinajstić information content (AvgIpc) is 2.97. The standard InChI is InChI=1S/C17H17NO2S/c1-19-13-6-8-14(9-7-13)21-11-15(18)17-10-12-4-2-3-5-16(12)20-17/h2-10,15H,11,18H2,1H3. The molecule has 3 nitrogen and oxygen atoms in total. The zero-order chi connectivity index (χ0) is 14.7. The Morgan fingerprint density at radius 2 is 1.90 bits per heavy atom. The number of thioether (sulfide) groups is 1. The highest BCUT2D eigenvalue weighted by molar-refractivity contribution is 7.99. The normalized spacial score (nSPS) is 12.5. The fraction of sp³-hybridized carbons (Fsp3) is 0.176. The Balaban J connectivity index is 1.66. The van der Waals surface area contributed by atoms with Crippen LogP contribution in [0.2, 0.25) is 0 Å². The number of methoxy groups -OCH3 is 1. The smallest absolute Gasteiger partial charge is 0.134 e. The number of hydrogen-bond donors (Lipinski definition) is 1. The second kappa shape index (κ2) is 6.24. The third kappa shape index (κ3) is 3.23. The molecule has 3 rings (SSSR count). The van der Waals surface area contributed by atoms with Gasteiger partial charge in [0.25, 0.3) is 0 Å². The lowest BCUT2D eigenvalue weighted by atomic mass is 10.2. The van der Waals surface area contributed by atoms with Crippen molar-refractivity contribution in [3.8, 4) is 5.75 Å². The van der Waals surface area contributed by atoms with Gasteiger partial charge in [0, 0.05) is 16.0 Å². The first-order chi connectivity index (χ1) is 10.3. The van der Waals surface area contributed by atoms with Crippen molar-refractivity contribution < 1.29 is 9.15 Å². The quantitative estimate of drug-likeness (QED) is 0.716. The van der Waals surface area contributed by atoms with Crippen molar-refractivity contribution in [2.45, 2.75) is 10.9 Å². The van der Waals surface area contributed by atoms with Crippen LogP contribution >= 0.6 is 11.8 Å². The molecule has 108 valence electrons. The summed E-state index contributed by atoms with van der Waals surface area (Å²) in [4.78, 5) is 1.17. The summed E-state index contributed by atoms with van der Waals surface area (Å²) >= 11 is 1.71. The fourth-order valence-electron chi connectivity index (χ4n) is 2.13. The van der Waals surface area contributed by atoms with Crippen LogP contribution in [0.3, 0.4) is 0 Å². The number of hydrogen-bond acceptors (Lipinski definition) is 4. The molecule has 0 bridgehead atoms. The Morgan fingerprint density at radius 3 is 2.62 bits per heavy atom. The molecule has 2 aromatic carbocycles. The number of rotatable bonds is 5. The van der Waals surface area contributed by atoms with Crippen molar-refractivity contribution in [3.05, 3.63) is 60.4 Å². The highest BCUT2D eigenvalue weighted by Crippen LogP contribution is 2.28. The molecule has 3 aromatic rings. The summed E-state index contributed by atoms with van der Waals surface area (Å²) in [7, 11) is 1.67. The highest BCUT2D eigenvalue weighted by atomic mass is 32.2. The predicted octanol–water partition coefficient (Wildman–Crippen LogP) is 4.23. The van der Waals surface area contributed by atoms with Crippen LogP contribution in [0.15, 0.2) is 63.9 Å². The molecule has 4 heteroatoms. The van der Waals surface area contributed by atoms with E-state index in [1.54, 1.807) is 18.9 Å². The van der Waals surface area contributed by atoms with Gasteiger partial charge in [-0.25, -0.2) is 0 Å². The van der Waals surface area contributed by atoms with Gasteiger partial charge < -0.3 is 14.9 Å². The van der Waals surface area contributed by atoms with Crippen molar-refractivity contribution in [3.63, 3.8) is 0 Å². The van der Waals surface area contributed by atoms with E-state index in [0.29, 0.717) is 0 Å². The lowest BCUT2D eigenvalue weighted by Crippen LogP contribution is -2.11. The van der Waals surface area contributed by atoms with Crippen LogP contribution in [-0.4, -0.2) is 12.9 Å². The number of furan rings is 1. The number of ether oxygens (including phenoxy) is 1. The maximum absolute atomic E-state index is 6.22. The summed E-state index contributed by atoms with van der Waals surface area (Å²) in [6.45, 7) is 0. The minimum atomic E-state index is -0.121. The van der Waals surface area contributed by atoms with E-state index in [1.807, 2.05) is 54.6 Å². The van der Waals surface area contributed by atoms with Gasteiger partial charge in [0.15, 0.2) is 0 Å². The minimum absolute atomic E-state index is 0.121. The average molecular weight is 299 g/mol. The largest absolute Gasteiger partial charge is 0.497 e. The molecule has 0 radical (unpaired) electrons. The topological polar surface area (TPSA) is 48.4 Å². The van der Waals surface area contributed by atoms with Crippen LogP contribution in [0.1, 0.15) is 11.8 Å². The summed E-state index contributed by atoms with van der Waals surface area (Å²) in [5.74, 6) is 2.46. The lowest BCUT2D eigenvalue weighted by Gasteiger charge is -2.08. The summed E-state index contributed by atoms with van der Waals surface area (Å²) in [6, 6.07) is 17.8. The van der Waals surface area contributed by atoms with E-state index in [1.165, 1.54) is 4.90 Å². The molecule has 0 amide bonds. The summed E-state index contributed by atoms with van der Waals surface area (Å²) in [5.41, 5.74) is 7.11. The molecule has 1 aromatic heterocycles. The molecule has 1 heterocycles. The van der Waals surface area contributed by atoms with Crippen molar-refractivity contribution in [2.24, 2.45) is 5.73 Å². The molecule has 1 atom stereocenters. The Bertz CT molecular complexity index is 688. The molecular formula is C17H17NO2S. The highest BCUT2D eigenvalue weighted by Gasteiger charge is 2.12. The van der Waals surface area contributed by atoms with Crippen molar-refractivity contribution in [2.75, 3.05) is 12.9 Å². The lowest BCUT2D eigenvalue weighted by molar-refractivity contribution is 0.414. The fourth-order valence-corrected chi connectivity index (χ4v) is 2.99.